The minimum Gasteiger partial charge on any atom is -0.452 e. The number of carbonyl (C=O) groups excluding carboxylic acids is 1. The Morgan fingerprint density at radius 3 is 2.60 bits per heavy atom. The molecule has 0 saturated carbocycles. The molecule has 58 valence electrons. The number of nitrogens with zero attached hydrogens (tertiary/aromatic N) is 1. The molecule has 1 heterocycles. The number of hydrogen-bond donors (Lipinski definition) is 1. The molecule has 0 bridgehead atoms. The van der Waals surface area contributed by atoms with Gasteiger partial charge in [-0.25, -0.2) is 9.80 Å². The highest BCUT2D eigenvalue weighted by Crippen LogP contribution is 2.03. The van der Waals surface area contributed by atoms with E-state index in [-0.39, 0.29) is 6.09 Å². The van der Waals surface area contributed by atoms with Gasteiger partial charge in [-0.05, 0) is 12.8 Å². The van der Waals surface area contributed by atoms with E-state index in [1.165, 1.54) is 7.11 Å². The first-order chi connectivity index (χ1) is 4.83. The van der Waals surface area contributed by atoms with Crippen LogP contribution in [0, 0.1) is 0 Å². The lowest BCUT2D eigenvalue weighted by atomic mass is 10.4. The maximum atomic E-state index is 10.6. The zero-order chi connectivity index (χ0) is 7.40. The van der Waals surface area contributed by atoms with Crippen LogP contribution in [-0.4, -0.2) is 31.3 Å². The third kappa shape index (κ3) is 1.88. The van der Waals surface area contributed by atoms with E-state index in [9.17, 15) is 4.79 Å². The van der Waals surface area contributed by atoms with E-state index in [0.29, 0.717) is 0 Å². The third-order valence-electron chi connectivity index (χ3n) is 1.54. The average molecular weight is 144 g/mol. The lowest BCUT2D eigenvalue weighted by Gasteiger charge is -2.14. The number of rotatable bonds is 1. The SMILES string of the molecule is COC(=O)NN1CCCC1. The number of nitrogens with one attached hydrogen (secondary N) is 1. The molecule has 0 aromatic rings. The van der Waals surface area contributed by atoms with E-state index in [2.05, 4.69) is 10.2 Å². The maximum absolute atomic E-state index is 10.6. The van der Waals surface area contributed by atoms with Crippen molar-refractivity contribution in [3.05, 3.63) is 0 Å². The largest absolute Gasteiger partial charge is 0.452 e. The minimum atomic E-state index is -0.373. The van der Waals surface area contributed by atoms with Crippen molar-refractivity contribution in [2.45, 2.75) is 12.8 Å². The van der Waals surface area contributed by atoms with Crippen LogP contribution in [0.2, 0.25) is 0 Å². The molecule has 1 amide bonds. The van der Waals surface area contributed by atoms with Crippen molar-refractivity contribution in [1.82, 2.24) is 10.4 Å². The number of ether oxygens (including phenoxy) is 1. The van der Waals surface area contributed by atoms with Crippen LogP contribution in [0.15, 0.2) is 0 Å². The maximum Gasteiger partial charge on any atom is 0.421 e. The lowest BCUT2D eigenvalue weighted by Crippen LogP contribution is -2.39. The average Bonchev–Trinajstić information content (AvgIpc) is 2.40. The summed E-state index contributed by atoms with van der Waals surface area (Å²) in [7, 11) is 1.37. The van der Waals surface area contributed by atoms with Crippen LogP contribution in [0.25, 0.3) is 0 Å². The number of hydrazine groups is 1. The van der Waals surface area contributed by atoms with Crippen molar-refractivity contribution in [2.75, 3.05) is 20.2 Å². The fraction of sp³-hybridized carbons (Fsp3) is 0.833. The monoisotopic (exact) mass is 144 g/mol. The quantitative estimate of drug-likeness (QED) is 0.577. The Kier molecular flexibility index (Phi) is 2.50. The molecule has 4 nitrogen and oxygen atoms in total. The molecule has 4 heteroatoms. The van der Waals surface area contributed by atoms with E-state index in [1.807, 2.05) is 5.01 Å². The van der Waals surface area contributed by atoms with Crippen LogP contribution in [0.4, 0.5) is 4.79 Å². The summed E-state index contributed by atoms with van der Waals surface area (Å²) in [6, 6.07) is 0. The second-order valence-electron chi connectivity index (χ2n) is 2.30. The topological polar surface area (TPSA) is 41.6 Å². The van der Waals surface area contributed by atoms with Crippen molar-refractivity contribution in [3.8, 4) is 0 Å². The first kappa shape index (κ1) is 7.34. The molecule has 0 aliphatic carbocycles. The number of amides is 1. The Bertz CT molecular complexity index is 121. The molecule has 1 fully saturated rings. The molecule has 0 unspecified atom stereocenters. The van der Waals surface area contributed by atoms with Gasteiger partial charge in [0.2, 0.25) is 0 Å². The normalized spacial score (nSPS) is 18.9. The van der Waals surface area contributed by atoms with Gasteiger partial charge in [-0.3, -0.25) is 5.43 Å². The van der Waals surface area contributed by atoms with Crippen LogP contribution in [0.5, 0.6) is 0 Å². The Hall–Kier alpha value is -0.770. The molecular formula is C6H12N2O2. The minimum absolute atomic E-state index is 0.373. The summed E-state index contributed by atoms with van der Waals surface area (Å²) in [5.41, 5.74) is 2.60. The van der Waals surface area contributed by atoms with Gasteiger partial charge < -0.3 is 4.74 Å². The Balaban J connectivity index is 2.17. The van der Waals surface area contributed by atoms with Gasteiger partial charge in [-0.1, -0.05) is 0 Å². The van der Waals surface area contributed by atoms with E-state index in [4.69, 9.17) is 0 Å². The highest BCUT2D eigenvalue weighted by Gasteiger charge is 2.13. The summed E-state index contributed by atoms with van der Waals surface area (Å²) in [5.74, 6) is 0. The lowest BCUT2D eigenvalue weighted by molar-refractivity contribution is 0.134. The second-order valence-corrected chi connectivity index (χ2v) is 2.30. The summed E-state index contributed by atoms with van der Waals surface area (Å²) in [5, 5.41) is 1.87. The van der Waals surface area contributed by atoms with Crippen LogP contribution in [-0.2, 0) is 4.74 Å². The number of methoxy groups -OCH3 is 1. The van der Waals surface area contributed by atoms with Gasteiger partial charge in [0.15, 0.2) is 0 Å². The Morgan fingerprint density at radius 1 is 1.50 bits per heavy atom. The summed E-state index contributed by atoms with van der Waals surface area (Å²) in [4.78, 5) is 10.6. The zero-order valence-corrected chi connectivity index (χ0v) is 6.09. The van der Waals surface area contributed by atoms with Gasteiger partial charge in [-0.2, -0.15) is 0 Å². The van der Waals surface area contributed by atoms with Crippen LogP contribution >= 0.6 is 0 Å². The predicted octanol–water partition coefficient (Wildman–Crippen LogP) is 0.353. The summed E-state index contributed by atoms with van der Waals surface area (Å²) in [6.07, 6.45) is 1.94. The van der Waals surface area contributed by atoms with Crippen LogP contribution < -0.4 is 5.43 Å². The summed E-state index contributed by atoms with van der Waals surface area (Å²) >= 11 is 0. The molecule has 0 radical (unpaired) electrons. The molecule has 1 rings (SSSR count). The Morgan fingerprint density at radius 2 is 2.10 bits per heavy atom. The van der Waals surface area contributed by atoms with Crippen LogP contribution in [0.1, 0.15) is 12.8 Å². The fourth-order valence-corrected chi connectivity index (χ4v) is 1.00. The van der Waals surface area contributed by atoms with E-state index in [0.717, 1.165) is 25.9 Å². The van der Waals surface area contributed by atoms with Crippen molar-refractivity contribution in [2.24, 2.45) is 0 Å². The molecule has 0 aromatic carbocycles. The van der Waals surface area contributed by atoms with Gasteiger partial charge in [0, 0.05) is 13.1 Å². The van der Waals surface area contributed by atoms with Gasteiger partial charge >= 0.3 is 6.09 Å². The molecular weight excluding hydrogens is 132 g/mol. The first-order valence-electron chi connectivity index (χ1n) is 3.42. The number of carbonyl (C=O) groups is 1. The van der Waals surface area contributed by atoms with Crippen molar-refractivity contribution in [1.29, 1.82) is 0 Å². The standard InChI is InChI=1S/C6H12N2O2/c1-10-6(9)7-8-4-2-3-5-8/h2-5H2,1H3,(H,7,9). The van der Waals surface area contributed by atoms with Gasteiger partial charge in [0.05, 0.1) is 7.11 Å². The molecule has 0 spiro atoms. The molecule has 10 heavy (non-hydrogen) atoms. The van der Waals surface area contributed by atoms with E-state index >= 15 is 0 Å². The highest BCUT2D eigenvalue weighted by molar-refractivity contribution is 5.66. The molecule has 1 N–H and O–H groups in total. The molecule has 1 aliphatic heterocycles. The number of hydrogen-bond acceptors (Lipinski definition) is 3. The zero-order valence-electron chi connectivity index (χ0n) is 6.09. The summed E-state index contributed by atoms with van der Waals surface area (Å²) in [6.45, 7) is 1.88. The Labute approximate surface area is 60.1 Å². The van der Waals surface area contributed by atoms with E-state index in [1.54, 1.807) is 0 Å². The molecule has 1 saturated heterocycles. The van der Waals surface area contributed by atoms with Gasteiger partial charge in [0.25, 0.3) is 0 Å². The van der Waals surface area contributed by atoms with Crippen molar-refractivity contribution < 1.29 is 9.53 Å². The van der Waals surface area contributed by atoms with Crippen LogP contribution in [0.3, 0.4) is 0 Å². The smallest absolute Gasteiger partial charge is 0.421 e. The fourth-order valence-electron chi connectivity index (χ4n) is 1.00. The molecule has 0 atom stereocenters. The first-order valence-corrected chi connectivity index (χ1v) is 3.42. The van der Waals surface area contributed by atoms with Crippen molar-refractivity contribution in [3.63, 3.8) is 0 Å². The van der Waals surface area contributed by atoms with E-state index < -0.39 is 0 Å². The van der Waals surface area contributed by atoms with Gasteiger partial charge in [0.1, 0.15) is 0 Å². The van der Waals surface area contributed by atoms with Gasteiger partial charge in [-0.15, -0.1) is 0 Å². The molecule has 1 aliphatic rings. The molecule has 0 aromatic heterocycles. The van der Waals surface area contributed by atoms with Crippen molar-refractivity contribution >= 4 is 6.09 Å². The second kappa shape index (κ2) is 3.41. The highest BCUT2D eigenvalue weighted by atomic mass is 16.5. The third-order valence-corrected chi connectivity index (χ3v) is 1.54. The summed E-state index contributed by atoms with van der Waals surface area (Å²) < 4.78 is 4.42. The predicted molar refractivity (Wildman–Crippen MR) is 36.3 cm³/mol.